The van der Waals surface area contributed by atoms with Crippen molar-refractivity contribution in [1.29, 1.82) is 0 Å². The normalized spacial score (nSPS) is 11.9. The van der Waals surface area contributed by atoms with Gasteiger partial charge in [-0.05, 0) is 116 Å². The Labute approximate surface area is 359 Å². The highest BCUT2D eigenvalue weighted by Gasteiger charge is 2.26. The molecular formula is C60H38N2. The predicted molar refractivity (Wildman–Crippen MR) is 261 cm³/mol. The first-order chi connectivity index (χ1) is 30.7. The quantitative estimate of drug-likeness (QED) is 0.164. The highest BCUT2D eigenvalue weighted by molar-refractivity contribution is 6.18. The lowest BCUT2D eigenvalue weighted by Crippen LogP contribution is -1.96. The minimum atomic E-state index is 1.15. The molecule has 1 aliphatic heterocycles. The maximum Gasteiger partial charge on any atom is 0.0620 e. The minimum Gasteiger partial charge on any atom is -0.309 e. The highest BCUT2D eigenvalue weighted by Crippen LogP contribution is 2.49. The number of benzene rings is 10. The maximum atomic E-state index is 2.51. The lowest BCUT2D eigenvalue weighted by molar-refractivity contribution is 1.18. The molecule has 62 heavy (non-hydrogen) atoms. The molecule has 3 heterocycles. The van der Waals surface area contributed by atoms with Crippen LogP contribution in [0.1, 0.15) is 0 Å². The van der Waals surface area contributed by atoms with Gasteiger partial charge >= 0.3 is 0 Å². The van der Waals surface area contributed by atoms with Crippen LogP contribution in [0.4, 0.5) is 0 Å². The largest absolute Gasteiger partial charge is 0.309 e. The summed E-state index contributed by atoms with van der Waals surface area (Å²) in [5, 5.41) is 5.01. The summed E-state index contributed by atoms with van der Waals surface area (Å²) in [5.74, 6) is 0. The summed E-state index contributed by atoms with van der Waals surface area (Å²) in [7, 11) is 0. The SMILES string of the molecule is c1ccc(-c2ccc(-c3ccc(-n4c5ccccc5c5cc(-c6cc7c8c(c6)c6ccccc6n8-c6ccc(-c8ccccc8)cc6-c6ccccc6-7)ccc54)cc3)cc2)cc1. The average Bonchev–Trinajstić information content (AvgIpc) is 3.82. The zero-order valence-electron chi connectivity index (χ0n) is 33.8. The minimum absolute atomic E-state index is 1.15. The van der Waals surface area contributed by atoms with Crippen molar-refractivity contribution in [2.75, 3.05) is 0 Å². The Bertz CT molecular complexity index is 3700. The van der Waals surface area contributed by atoms with E-state index in [1.807, 2.05) is 0 Å². The number of aromatic nitrogens is 2. The third-order valence-electron chi connectivity index (χ3n) is 13.1. The molecule has 0 saturated carbocycles. The van der Waals surface area contributed by atoms with E-state index in [2.05, 4.69) is 240 Å². The standard InChI is InChI=1S/C60H38N2/c1-3-13-39(14-4-1)41-23-25-42(26-24-41)43-27-31-47(32-28-43)61-56-21-11-9-19-50(56)53-36-45(30-33-58(53)61)46-37-54-49-18-8-7-17-48(49)52-35-44(40-15-5-2-6-16-40)29-34-59(52)62-57-22-12-10-20-51(57)55(38-46)60(54)62/h1-38H. The van der Waals surface area contributed by atoms with E-state index >= 15 is 0 Å². The number of fused-ring (bicyclic) bond motifs is 11. The molecule has 13 rings (SSSR count). The number of hydrogen-bond donors (Lipinski definition) is 0. The molecule has 0 aliphatic carbocycles. The van der Waals surface area contributed by atoms with Crippen molar-refractivity contribution in [2.45, 2.75) is 0 Å². The predicted octanol–water partition coefficient (Wildman–Crippen LogP) is 16.2. The molecule has 0 atom stereocenters. The molecular weight excluding hydrogens is 749 g/mol. The number of rotatable bonds is 5. The van der Waals surface area contributed by atoms with Crippen LogP contribution in [0, 0.1) is 0 Å². The second kappa shape index (κ2) is 13.7. The molecule has 0 fully saturated rings. The van der Waals surface area contributed by atoms with Gasteiger partial charge in [-0.2, -0.15) is 0 Å². The Kier molecular flexibility index (Phi) is 7.64. The molecule has 0 spiro atoms. The van der Waals surface area contributed by atoms with Crippen LogP contribution >= 0.6 is 0 Å². The number of nitrogens with zero attached hydrogens (tertiary/aromatic N) is 2. The monoisotopic (exact) mass is 786 g/mol. The summed E-state index contributed by atoms with van der Waals surface area (Å²) in [4.78, 5) is 0. The zero-order valence-corrected chi connectivity index (χ0v) is 33.8. The third-order valence-corrected chi connectivity index (χ3v) is 13.1. The summed E-state index contributed by atoms with van der Waals surface area (Å²) in [6.45, 7) is 0. The summed E-state index contributed by atoms with van der Waals surface area (Å²) in [6.07, 6.45) is 0. The summed E-state index contributed by atoms with van der Waals surface area (Å²) >= 11 is 0. The van der Waals surface area contributed by atoms with Gasteiger partial charge < -0.3 is 9.13 Å². The first kappa shape index (κ1) is 34.6. The molecule has 288 valence electrons. The summed E-state index contributed by atoms with van der Waals surface area (Å²) < 4.78 is 4.92. The second-order valence-electron chi connectivity index (χ2n) is 16.5. The molecule has 0 unspecified atom stereocenters. The van der Waals surface area contributed by atoms with Crippen LogP contribution in [0.5, 0.6) is 0 Å². The van der Waals surface area contributed by atoms with E-state index in [1.165, 1.54) is 116 Å². The molecule has 0 radical (unpaired) electrons. The van der Waals surface area contributed by atoms with Crippen LogP contribution in [-0.2, 0) is 0 Å². The van der Waals surface area contributed by atoms with Gasteiger partial charge in [0.15, 0.2) is 0 Å². The summed E-state index contributed by atoms with van der Waals surface area (Å²) in [6, 6.07) is 84.8. The third kappa shape index (κ3) is 5.30. The lowest BCUT2D eigenvalue weighted by Gasteiger charge is -2.14. The molecule has 0 amide bonds. The summed E-state index contributed by atoms with van der Waals surface area (Å²) in [5.41, 5.74) is 21.9. The Balaban J connectivity index is 0.957. The van der Waals surface area contributed by atoms with Crippen LogP contribution in [0.15, 0.2) is 231 Å². The zero-order chi connectivity index (χ0) is 40.7. The molecule has 1 aliphatic rings. The average molecular weight is 787 g/mol. The Morgan fingerprint density at radius 3 is 1.34 bits per heavy atom. The van der Waals surface area contributed by atoms with Gasteiger partial charge in [-0.3, -0.25) is 0 Å². The molecule has 2 heteroatoms. The Hall–Kier alpha value is -8.20. The van der Waals surface area contributed by atoms with E-state index in [-0.39, 0.29) is 0 Å². The molecule has 2 aromatic heterocycles. The van der Waals surface area contributed by atoms with E-state index in [9.17, 15) is 0 Å². The fraction of sp³-hybridized carbons (Fsp3) is 0. The van der Waals surface area contributed by atoms with Gasteiger partial charge in [0, 0.05) is 38.4 Å². The van der Waals surface area contributed by atoms with Crippen molar-refractivity contribution in [2.24, 2.45) is 0 Å². The van der Waals surface area contributed by atoms with E-state index in [1.54, 1.807) is 0 Å². The van der Waals surface area contributed by atoms with Crippen molar-refractivity contribution >= 4 is 43.6 Å². The van der Waals surface area contributed by atoms with Crippen LogP contribution < -0.4 is 0 Å². The molecule has 0 saturated heterocycles. The van der Waals surface area contributed by atoms with Crippen molar-refractivity contribution in [3.05, 3.63) is 231 Å². The van der Waals surface area contributed by atoms with Crippen LogP contribution in [-0.4, -0.2) is 9.13 Å². The van der Waals surface area contributed by atoms with Gasteiger partial charge in [0.05, 0.1) is 27.8 Å². The van der Waals surface area contributed by atoms with Crippen LogP contribution in [0.25, 0.3) is 122 Å². The van der Waals surface area contributed by atoms with E-state index in [0.717, 1.165) is 5.69 Å². The second-order valence-corrected chi connectivity index (χ2v) is 16.5. The first-order valence-electron chi connectivity index (χ1n) is 21.4. The van der Waals surface area contributed by atoms with Crippen LogP contribution in [0.2, 0.25) is 0 Å². The van der Waals surface area contributed by atoms with E-state index in [4.69, 9.17) is 0 Å². The van der Waals surface area contributed by atoms with Crippen molar-refractivity contribution in [3.63, 3.8) is 0 Å². The lowest BCUT2D eigenvalue weighted by atomic mass is 9.90. The van der Waals surface area contributed by atoms with E-state index < -0.39 is 0 Å². The van der Waals surface area contributed by atoms with Gasteiger partial charge in [-0.1, -0.05) is 170 Å². The number of hydrogen-bond acceptors (Lipinski definition) is 0. The van der Waals surface area contributed by atoms with Gasteiger partial charge in [0.2, 0.25) is 0 Å². The van der Waals surface area contributed by atoms with Crippen molar-refractivity contribution < 1.29 is 0 Å². The van der Waals surface area contributed by atoms with Gasteiger partial charge in [-0.15, -0.1) is 0 Å². The molecule has 0 bridgehead atoms. The van der Waals surface area contributed by atoms with Crippen LogP contribution in [0.3, 0.4) is 0 Å². The molecule has 0 N–H and O–H groups in total. The topological polar surface area (TPSA) is 9.86 Å². The van der Waals surface area contributed by atoms with Gasteiger partial charge in [0.1, 0.15) is 0 Å². The van der Waals surface area contributed by atoms with Crippen molar-refractivity contribution in [1.82, 2.24) is 9.13 Å². The first-order valence-corrected chi connectivity index (χ1v) is 21.4. The fourth-order valence-corrected chi connectivity index (χ4v) is 10.1. The number of para-hydroxylation sites is 2. The van der Waals surface area contributed by atoms with Crippen molar-refractivity contribution in [3.8, 4) is 78.1 Å². The maximum absolute atomic E-state index is 2.51. The van der Waals surface area contributed by atoms with Gasteiger partial charge in [0.25, 0.3) is 0 Å². The Morgan fingerprint density at radius 1 is 0.226 bits per heavy atom. The Morgan fingerprint density at radius 2 is 0.661 bits per heavy atom. The molecule has 2 nitrogen and oxygen atoms in total. The van der Waals surface area contributed by atoms with E-state index in [0.29, 0.717) is 0 Å². The fourth-order valence-electron chi connectivity index (χ4n) is 10.1. The smallest absolute Gasteiger partial charge is 0.0620 e. The molecule has 12 aromatic rings. The van der Waals surface area contributed by atoms with Gasteiger partial charge in [-0.25, -0.2) is 0 Å². The highest BCUT2D eigenvalue weighted by atomic mass is 15.0. The molecule has 10 aromatic carbocycles.